The zero-order chi connectivity index (χ0) is 21.4. The molecule has 3 aliphatic rings. The van der Waals surface area contributed by atoms with E-state index in [9.17, 15) is 0 Å². The van der Waals surface area contributed by atoms with Crippen LogP contribution in [-0.4, -0.2) is 5.84 Å². The predicted octanol–water partition coefficient (Wildman–Crippen LogP) is 5.89. The van der Waals surface area contributed by atoms with Crippen LogP contribution in [0, 0.1) is 0 Å². The second kappa shape index (κ2) is 8.01. The van der Waals surface area contributed by atoms with Crippen molar-refractivity contribution < 1.29 is 0 Å². The summed E-state index contributed by atoms with van der Waals surface area (Å²) >= 11 is 0. The van der Waals surface area contributed by atoms with Crippen LogP contribution in [0.3, 0.4) is 0 Å². The molecule has 0 aromatic heterocycles. The molecular weight excluding hydrogens is 380 g/mol. The lowest BCUT2D eigenvalue weighted by Gasteiger charge is -2.39. The summed E-state index contributed by atoms with van der Waals surface area (Å²) in [6, 6.07) is 19.5. The van der Waals surface area contributed by atoms with E-state index in [1.54, 1.807) is 0 Å². The van der Waals surface area contributed by atoms with E-state index >= 15 is 0 Å². The molecule has 0 amide bonds. The van der Waals surface area contributed by atoms with E-state index in [1.807, 2.05) is 0 Å². The largest absolute Gasteiger partial charge is 0.358 e. The minimum atomic E-state index is -0.139. The van der Waals surface area contributed by atoms with Crippen LogP contribution in [0.1, 0.15) is 69.7 Å². The van der Waals surface area contributed by atoms with Crippen molar-refractivity contribution >= 4 is 11.5 Å². The first-order valence-electron chi connectivity index (χ1n) is 11.6. The Hall–Kier alpha value is -2.85. The highest BCUT2D eigenvalue weighted by Gasteiger charge is 2.37. The van der Waals surface area contributed by atoms with Crippen LogP contribution in [0.25, 0.3) is 0 Å². The summed E-state index contributed by atoms with van der Waals surface area (Å²) in [5, 5.41) is 3.76. The Balaban J connectivity index is 1.59. The average Bonchev–Trinajstić information content (AvgIpc) is 3.05. The molecule has 160 valence electrons. The minimum absolute atomic E-state index is 0.0221. The maximum Gasteiger partial charge on any atom is 0.158 e. The van der Waals surface area contributed by atoms with Gasteiger partial charge in [-0.3, -0.25) is 4.90 Å². The van der Waals surface area contributed by atoms with Crippen LogP contribution in [0.2, 0.25) is 0 Å². The molecule has 31 heavy (non-hydrogen) atoms. The Morgan fingerprint density at radius 1 is 1.03 bits per heavy atom. The van der Waals surface area contributed by atoms with Crippen molar-refractivity contribution in [3.63, 3.8) is 0 Å². The van der Waals surface area contributed by atoms with Gasteiger partial charge < -0.3 is 11.1 Å². The van der Waals surface area contributed by atoms with Crippen molar-refractivity contribution in [1.29, 1.82) is 0 Å². The van der Waals surface area contributed by atoms with Crippen molar-refractivity contribution in [3.8, 4) is 0 Å². The molecule has 1 aliphatic carbocycles. The fraction of sp³-hybridized carbons (Fsp3) is 0.370. The van der Waals surface area contributed by atoms with Gasteiger partial charge in [-0.15, -0.1) is 0 Å². The van der Waals surface area contributed by atoms with Gasteiger partial charge in [0, 0.05) is 16.9 Å². The van der Waals surface area contributed by atoms with Gasteiger partial charge in [-0.1, -0.05) is 62.4 Å². The van der Waals surface area contributed by atoms with Crippen molar-refractivity contribution in [2.24, 2.45) is 10.7 Å². The van der Waals surface area contributed by atoms with Gasteiger partial charge in [0.15, 0.2) is 5.84 Å². The molecule has 2 heterocycles. The van der Waals surface area contributed by atoms with E-state index in [2.05, 4.69) is 84.7 Å². The first-order chi connectivity index (χ1) is 15.1. The number of anilines is 1. The number of hydrogen-bond acceptors (Lipinski definition) is 4. The summed E-state index contributed by atoms with van der Waals surface area (Å²) in [5.74, 6) is 1.02. The van der Waals surface area contributed by atoms with Crippen LogP contribution in [-0.2, 0) is 5.54 Å². The molecule has 0 spiro atoms. The van der Waals surface area contributed by atoms with E-state index in [0.717, 1.165) is 49.3 Å². The molecule has 4 heteroatoms. The summed E-state index contributed by atoms with van der Waals surface area (Å²) in [5.41, 5.74) is 13.8. The number of nitrogens with zero attached hydrogens (tertiary/aromatic N) is 2. The molecule has 0 radical (unpaired) electrons. The summed E-state index contributed by atoms with van der Waals surface area (Å²) in [7, 11) is 0. The number of rotatable bonds is 5. The lowest BCUT2D eigenvalue weighted by Crippen LogP contribution is -2.43. The molecule has 2 fully saturated rings. The summed E-state index contributed by atoms with van der Waals surface area (Å²) in [6.07, 6.45) is 8.66. The number of amidine groups is 1. The molecule has 1 unspecified atom stereocenters. The molecule has 4 nitrogen and oxygen atoms in total. The van der Waals surface area contributed by atoms with Gasteiger partial charge in [-0.25, -0.2) is 4.99 Å². The highest BCUT2D eigenvalue weighted by molar-refractivity contribution is 6.12. The summed E-state index contributed by atoms with van der Waals surface area (Å²) in [6.45, 7) is 4.43. The summed E-state index contributed by atoms with van der Waals surface area (Å²) < 4.78 is 0. The number of nitrogens with two attached hydrogens (primary N) is 1. The van der Waals surface area contributed by atoms with Gasteiger partial charge in [-0.2, -0.15) is 0 Å². The highest BCUT2D eigenvalue weighted by atomic mass is 15.4. The number of allylic oxidation sites excluding steroid dienone is 3. The smallest absolute Gasteiger partial charge is 0.158 e. The van der Waals surface area contributed by atoms with Crippen LogP contribution in [0.5, 0.6) is 0 Å². The topological polar surface area (TPSA) is 53.7 Å². The van der Waals surface area contributed by atoms with Crippen LogP contribution in [0.4, 0.5) is 5.69 Å². The van der Waals surface area contributed by atoms with Gasteiger partial charge in [-0.05, 0) is 67.4 Å². The number of aliphatic imine (C=N–C) groups is 1. The van der Waals surface area contributed by atoms with Crippen LogP contribution < -0.4 is 16.0 Å². The SMILES string of the molecule is CCC1=C(CC)N=C2C(=CC1)NC(c1ccccc1)N2c1ccc(C2(N)CCC2)cc1. The molecule has 1 saturated carbocycles. The van der Waals surface area contributed by atoms with Gasteiger partial charge in [0.1, 0.15) is 6.17 Å². The van der Waals surface area contributed by atoms with E-state index < -0.39 is 0 Å². The lowest BCUT2D eigenvalue weighted by molar-refractivity contribution is 0.253. The third kappa shape index (κ3) is 3.49. The van der Waals surface area contributed by atoms with E-state index in [-0.39, 0.29) is 11.7 Å². The molecule has 2 aliphatic heterocycles. The number of fused-ring (bicyclic) bond motifs is 1. The molecule has 1 atom stereocenters. The Kier molecular flexibility index (Phi) is 5.19. The third-order valence-corrected chi connectivity index (χ3v) is 7.06. The Morgan fingerprint density at radius 2 is 1.77 bits per heavy atom. The first-order valence-corrected chi connectivity index (χ1v) is 11.6. The zero-order valence-electron chi connectivity index (χ0n) is 18.6. The molecule has 3 N–H and O–H groups in total. The Bertz CT molecular complexity index is 1040. The minimum Gasteiger partial charge on any atom is -0.358 e. The standard InChI is InChI=1S/C27H32N4/c1-3-19-11-16-24-26(29-23(19)4-2)31(25(30-24)20-9-6-5-7-10-20)22-14-12-21(13-15-22)27(28)17-8-18-27/h5-7,9-10,12-16,25,30H,3-4,8,11,17-18,28H2,1-2H3. The Morgan fingerprint density at radius 3 is 2.39 bits per heavy atom. The number of nitrogens with one attached hydrogen (secondary N) is 1. The lowest BCUT2D eigenvalue weighted by atomic mass is 9.73. The van der Waals surface area contributed by atoms with E-state index in [0.29, 0.717) is 0 Å². The first kappa shape index (κ1) is 20.1. The molecule has 0 bridgehead atoms. The van der Waals surface area contributed by atoms with Gasteiger partial charge in [0.05, 0.1) is 5.70 Å². The molecular formula is C27H32N4. The van der Waals surface area contributed by atoms with Crippen molar-refractivity contribution in [2.75, 3.05) is 4.90 Å². The predicted molar refractivity (Wildman–Crippen MR) is 129 cm³/mol. The van der Waals surface area contributed by atoms with E-state index in [1.165, 1.54) is 28.8 Å². The highest BCUT2D eigenvalue weighted by Crippen LogP contribution is 2.41. The molecule has 5 rings (SSSR count). The fourth-order valence-electron chi connectivity index (χ4n) is 4.96. The Labute approximate surface area is 185 Å². The van der Waals surface area contributed by atoms with Crippen molar-refractivity contribution in [2.45, 2.75) is 64.1 Å². The second-order valence-electron chi connectivity index (χ2n) is 8.90. The quantitative estimate of drug-likeness (QED) is 0.643. The van der Waals surface area contributed by atoms with Crippen LogP contribution in [0.15, 0.2) is 82.6 Å². The van der Waals surface area contributed by atoms with Crippen molar-refractivity contribution in [3.05, 3.63) is 88.8 Å². The van der Waals surface area contributed by atoms with Crippen molar-refractivity contribution in [1.82, 2.24) is 5.32 Å². The van der Waals surface area contributed by atoms with Gasteiger partial charge >= 0.3 is 0 Å². The maximum atomic E-state index is 6.57. The normalized spacial score (nSPS) is 22.2. The average molecular weight is 413 g/mol. The maximum absolute atomic E-state index is 6.57. The monoisotopic (exact) mass is 412 g/mol. The second-order valence-corrected chi connectivity index (χ2v) is 8.90. The van der Waals surface area contributed by atoms with Crippen LogP contribution >= 0.6 is 0 Å². The zero-order valence-corrected chi connectivity index (χ0v) is 18.6. The fourth-order valence-corrected chi connectivity index (χ4v) is 4.96. The number of hydrogen-bond donors (Lipinski definition) is 2. The molecule has 2 aromatic carbocycles. The molecule has 2 aromatic rings. The number of benzene rings is 2. The van der Waals surface area contributed by atoms with E-state index in [4.69, 9.17) is 10.7 Å². The van der Waals surface area contributed by atoms with Gasteiger partial charge in [0.25, 0.3) is 0 Å². The van der Waals surface area contributed by atoms with Gasteiger partial charge in [0.2, 0.25) is 0 Å². The summed E-state index contributed by atoms with van der Waals surface area (Å²) in [4.78, 5) is 7.56. The molecule has 1 saturated heterocycles. The third-order valence-electron chi connectivity index (χ3n) is 7.06.